The first-order valence-electron chi connectivity index (χ1n) is 7.76. The van der Waals surface area contributed by atoms with Crippen molar-refractivity contribution >= 4 is 12.4 Å². The maximum absolute atomic E-state index is 8.44. The molecule has 0 radical (unpaired) electrons. The molecule has 2 heterocycles. The van der Waals surface area contributed by atoms with Gasteiger partial charge in [-0.1, -0.05) is 22.2 Å². The minimum atomic E-state index is 0. The first-order valence-corrected chi connectivity index (χ1v) is 7.76. The number of hydrogen-bond acceptors (Lipinski definition) is 6. The Hall–Kier alpha value is -2.70. The first-order chi connectivity index (χ1) is 12.8. The Bertz CT molecular complexity index is 722. The summed E-state index contributed by atoms with van der Waals surface area (Å²) in [6.45, 7) is 1.37. The topological polar surface area (TPSA) is 91.4 Å². The number of oxime groups is 2. The fraction of sp³-hybridized carbons (Fsp3) is 0.222. The van der Waals surface area contributed by atoms with Crippen molar-refractivity contribution in [2.45, 2.75) is 13.5 Å². The quantitative estimate of drug-likeness (QED) is 0.110. The minimum Gasteiger partial charge on any atom is -1.00 e. The lowest BCUT2D eigenvalue weighted by molar-refractivity contribution is -0.732. The molecule has 150 valence electrons. The van der Waals surface area contributed by atoms with Crippen LogP contribution in [0.15, 0.2) is 59.4 Å². The molecular formula is C18H20Cl2N4O4. The molecule has 0 aliphatic heterocycles. The molecule has 0 aromatic carbocycles. The van der Waals surface area contributed by atoms with Gasteiger partial charge in [-0.05, 0) is 0 Å². The lowest BCUT2D eigenvalue weighted by atomic mass is 10.3. The van der Waals surface area contributed by atoms with Crippen LogP contribution in [0.25, 0.3) is 0 Å². The van der Waals surface area contributed by atoms with Gasteiger partial charge in [0.05, 0.1) is 12.4 Å². The summed E-state index contributed by atoms with van der Waals surface area (Å²) in [6, 6.07) is 7.24. The van der Waals surface area contributed by atoms with Crippen LogP contribution >= 0.6 is 0 Å². The van der Waals surface area contributed by atoms with E-state index in [1.165, 1.54) is 12.4 Å². The number of aromatic nitrogens is 2. The Morgan fingerprint density at radius 1 is 0.750 bits per heavy atom. The summed E-state index contributed by atoms with van der Waals surface area (Å²) >= 11 is 0. The molecule has 0 saturated carbocycles. The van der Waals surface area contributed by atoms with Crippen LogP contribution in [0.3, 0.4) is 0 Å². The highest BCUT2D eigenvalue weighted by Gasteiger charge is 2.00. The van der Waals surface area contributed by atoms with Gasteiger partial charge in [-0.15, -0.1) is 0 Å². The monoisotopic (exact) mass is 426 g/mol. The lowest BCUT2D eigenvalue weighted by Gasteiger charge is -1.97. The standard InChI is InChI=1S/C18H18N4O4.2ClH/c23-19-13-17-3-7-21(8-4-17)15-25-11-1-2-12-26-16-22-9-5-18(6-10-22)14-20-24;;/h3-10,13-14H,11-12,15-16H2;2*1H. The van der Waals surface area contributed by atoms with Crippen LogP contribution in [-0.2, 0) is 22.9 Å². The molecule has 8 nitrogen and oxygen atoms in total. The van der Waals surface area contributed by atoms with E-state index in [9.17, 15) is 0 Å². The number of nitrogens with zero attached hydrogens (tertiary/aromatic N) is 4. The van der Waals surface area contributed by atoms with Crippen LogP contribution in [0.5, 0.6) is 0 Å². The number of halogens is 2. The second-order valence-electron chi connectivity index (χ2n) is 5.09. The average Bonchev–Trinajstić information content (AvgIpc) is 2.67. The summed E-state index contributed by atoms with van der Waals surface area (Å²) in [7, 11) is 0. The molecule has 0 aliphatic rings. The third kappa shape index (κ3) is 9.85. The Kier molecular flexibility index (Phi) is 13.9. The fourth-order valence-electron chi connectivity index (χ4n) is 1.92. The van der Waals surface area contributed by atoms with Crippen molar-refractivity contribution in [2.24, 2.45) is 10.3 Å². The second kappa shape index (κ2) is 15.4. The van der Waals surface area contributed by atoms with Gasteiger partial charge < -0.3 is 44.7 Å². The molecule has 0 fully saturated rings. The summed E-state index contributed by atoms with van der Waals surface area (Å²) in [5.41, 5.74) is 1.60. The summed E-state index contributed by atoms with van der Waals surface area (Å²) in [4.78, 5) is 0. The molecule has 0 spiro atoms. The predicted octanol–water partition coefficient (Wildman–Crippen LogP) is -5.46. The van der Waals surface area contributed by atoms with Crippen LogP contribution in [0.2, 0.25) is 0 Å². The van der Waals surface area contributed by atoms with E-state index in [1.54, 1.807) is 0 Å². The zero-order valence-corrected chi connectivity index (χ0v) is 16.4. The molecule has 0 atom stereocenters. The van der Waals surface area contributed by atoms with Gasteiger partial charge in [0.1, 0.15) is 13.2 Å². The third-order valence-electron chi connectivity index (χ3n) is 3.20. The van der Waals surface area contributed by atoms with E-state index < -0.39 is 0 Å². The van der Waals surface area contributed by atoms with E-state index in [0.29, 0.717) is 26.7 Å². The van der Waals surface area contributed by atoms with Crippen molar-refractivity contribution in [1.82, 2.24) is 0 Å². The normalized spacial score (nSPS) is 10.1. The smallest absolute Gasteiger partial charge is 0.253 e. The maximum Gasteiger partial charge on any atom is 0.253 e. The second-order valence-corrected chi connectivity index (χ2v) is 5.09. The lowest BCUT2D eigenvalue weighted by Crippen LogP contribution is -3.00. The van der Waals surface area contributed by atoms with Crippen molar-refractivity contribution in [3.63, 3.8) is 0 Å². The van der Waals surface area contributed by atoms with Gasteiger partial charge in [-0.2, -0.15) is 9.13 Å². The molecule has 10 heteroatoms. The first kappa shape index (κ1) is 25.3. The van der Waals surface area contributed by atoms with E-state index in [-0.39, 0.29) is 24.8 Å². The highest BCUT2D eigenvalue weighted by atomic mass is 35.5. The van der Waals surface area contributed by atoms with Gasteiger partial charge in [0.15, 0.2) is 24.8 Å². The molecule has 0 bridgehead atoms. The van der Waals surface area contributed by atoms with Crippen molar-refractivity contribution in [3.05, 3.63) is 60.2 Å². The zero-order chi connectivity index (χ0) is 18.5. The summed E-state index contributed by atoms with van der Waals surface area (Å²) in [6.07, 6.45) is 10.00. The predicted molar refractivity (Wildman–Crippen MR) is 91.7 cm³/mol. The van der Waals surface area contributed by atoms with Crippen LogP contribution in [0.1, 0.15) is 11.1 Å². The molecule has 0 aliphatic carbocycles. The summed E-state index contributed by atoms with van der Waals surface area (Å²) < 4.78 is 14.6. The van der Waals surface area contributed by atoms with Gasteiger partial charge in [-0.3, -0.25) is 0 Å². The Morgan fingerprint density at radius 2 is 1.11 bits per heavy atom. The third-order valence-corrected chi connectivity index (χ3v) is 3.20. The van der Waals surface area contributed by atoms with Crippen molar-refractivity contribution in [1.29, 1.82) is 0 Å². The fourth-order valence-corrected chi connectivity index (χ4v) is 1.92. The van der Waals surface area contributed by atoms with E-state index in [1.807, 2.05) is 58.2 Å². The van der Waals surface area contributed by atoms with Crippen molar-refractivity contribution in [2.75, 3.05) is 13.2 Å². The van der Waals surface area contributed by atoms with Crippen molar-refractivity contribution < 1.29 is 53.8 Å². The average molecular weight is 427 g/mol. The number of hydrogen-bond donors (Lipinski definition) is 2. The Morgan fingerprint density at radius 3 is 1.43 bits per heavy atom. The van der Waals surface area contributed by atoms with E-state index in [0.717, 1.165) is 11.1 Å². The molecule has 28 heavy (non-hydrogen) atoms. The largest absolute Gasteiger partial charge is 1.00 e. The molecule has 0 amide bonds. The summed E-state index contributed by atoms with van der Waals surface area (Å²) in [5, 5.41) is 22.8. The van der Waals surface area contributed by atoms with Crippen LogP contribution in [0.4, 0.5) is 0 Å². The maximum atomic E-state index is 8.44. The van der Waals surface area contributed by atoms with E-state index in [4.69, 9.17) is 19.9 Å². The summed E-state index contributed by atoms with van der Waals surface area (Å²) in [5.74, 6) is 5.76. The highest BCUT2D eigenvalue weighted by molar-refractivity contribution is 5.78. The van der Waals surface area contributed by atoms with Crippen LogP contribution in [0, 0.1) is 11.8 Å². The molecule has 2 N–H and O–H groups in total. The number of pyridine rings is 2. The van der Waals surface area contributed by atoms with Crippen molar-refractivity contribution in [3.8, 4) is 11.8 Å². The zero-order valence-electron chi connectivity index (χ0n) is 14.9. The molecule has 0 saturated heterocycles. The Balaban J connectivity index is 0.00000364. The van der Waals surface area contributed by atoms with Gasteiger partial charge in [0.2, 0.25) is 0 Å². The van der Waals surface area contributed by atoms with Gasteiger partial charge in [0, 0.05) is 35.4 Å². The SMILES string of the molecule is O/N=C\c1cc[n+](COCC#CCOC[n+]2ccc(/C=N/O)cc2)cc1.[Cl-].[Cl-]. The van der Waals surface area contributed by atoms with Gasteiger partial charge in [-0.25, -0.2) is 0 Å². The molecular weight excluding hydrogens is 407 g/mol. The molecule has 0 unspecified atom stereocenters. The minimum absolute atomic E-state index is 0. The van der Waals surface area contributed by atoms with Gasteiger partial charge >= 0.3 is 0 Å². The molecule has 2 rings (SSSR count). The van der Waals surface area contributed by atoms with Crippen LogP contribution < -0.4 is 33.9 Å². The number of ether oxygens (including phenoxy) is 2. The van der Waals surface area contributed by atoms with Gasteiger partial charge in [0.25, 0.3) is 13.5 Å². The van der Waals surface area contributed by atoms with Crippen LogP contribution in [-0.4, -0.2) is 36.1 Å². The highest BCUT2D eigenvalue weighted by Crippen LogP contribution is 1.91. The number of rotatable bonds is 8. The van der Waals surface area contributed by atoms with E-state index in [2.05, 4.69) is 22.2 Å². The molecule has 2 aromatic heterocycles. The molecule has 2 aromatic rings. The van der Waals surface area contributed by atoms with E-state index >= 15 is 0 Å². The Labute approximate surface area is 175 Å².